The molecule has 0 unspecified atom stereocenters. The van der Waals surface area contributed by atoms with Gasteiger partial charge in [-0.3, -0.25) is 14.6 Å². The number of carbonyl (C=O) groups is 2. The van der Waals surface area contributed by atoms with Crippen LogP contribution >= 0.6 is 0 Å². The maximum absolute atomic E-state index is 12.8. The normalized spacial score (nSPS) is 18.2. The number of carbonyl (C=O) groups excluding carboxylic acids is 2. The van der Waals surface area contributed by atoms with E-state index in [0.29, 0.717) is 50.4 Å². The molecule has 7 nitrogen and oxygen atoms in total. The van der Waals surface area contributed by atoms with Crippen molar-refractivity contribution in [2.24, 2.45) is 0 Å². The molecule has 2 aromatic rings. The molecule has 1 aromatic heterocycles. The van der Waals surface area contributed by atoms with Gasteiger partial charge in [0.15, 0.2) is 11.6 Å². The minimum atomic E-state index is -0.500. The molecule has 0 atom stereocenters. The van der Waals surface area contributed by atoms with Gasteiger partial charge in [0.2, 0.25) is 0 Å². The smallest absolute Gasteiger partial charge is 0.272 e. The molecule has 0 saturated carbocycles. The van der Waals surface area contributed by atoms with Gasteiger partial charge in [-0.1, -0.05) is 0 Å². The van der Waals surface area contributed by atoms with E-state index in [1.165, 1.54) is 6.92 Å². The summed E-state index contributed by atoms with van der Waals surface area (Å²) in [6.45, 7) is 3.96. The standard InChI is InChI=1S/C21H23N3O4/c1-15(25)16-2-4-17(5-3-16)23-18-6-9-22-19(14-18)20(26)24-10-7-21(8-11-24)27-12-13-28-21/h2-6,9,14H,7-8,10-13H2,1H3,(H,22,23). The van der Waals surface area contributed by atoms with Gasteiger partial charge in [-0.25, -0.2) is 0 Å². The highest BCUT2D eigenvalue weighted by molar-refractivity contribution is 5.95. The Kier molecular flexibility index (Phi) is 5.11. The van der Waals surface area contributed by atoms with Gasteiger partial charge >= 0.3 is 0 Å². The molecule has 1 spiro atoms. The number of hydrogen-bond donors (Lipinski definition) is 1. The maximum Gasteiger partial charge on any atom is 0.272 e. The Bertz CT molecular complexity index is 865. The van der Waals surface area contributed by atoms with Gasteiger partial charge in [0.1, 0.15) is 5.69 Å². The second kappa shape index (κ2) is 7.69. The molecule has 2 aliphatic heterocycles. The Hall–Kier alpha value is -2.77. The molecule has 146 valence electrons. The van der Waals surface area contributed by atoms with Crippen molar-refractivity contribution >= 4 is 23.1 Å². The van der Waals surface area contributed by atoms with Crippen molar-refractivity contribution in [3.05, 3.63) is 53.9 Å². The third-order valence-electron chi connectivity index (χ3n) is 5.19. The van der Waals surface area contributed by atoms with Crippen LogP contribution in [-0.4, -0.2) is 53.7 Å². The zero-order valence-corrected chi connectivity index (χ0v) is 15.8. The zero-order valence-electron chi connectivity index (χ0n) is 15.8. The fourth-order valence-corrected chi connectivity index (χ4v) is 3.58. The van der Waals surface area contributed by atoms with Crippen molar-refractivity contribution in [3.63, 3.8) is 0 Å². The number of pyridine rings is 1. The summed E-state index contributed by atoms with van der Waals surface area (Å²) in [6, 6.07) is 10.8. The number of nitrogens with zero attached hydrogens (tertiary/aromatic N) is 2. The van der Waals surface area contributed by atoms with Gasteiger partial charge in [-0.2, -0.15) is 0 Å². The molecule has 2 saturated heterocycles. The third-order valence-corrected chi connectivity index (χ3v) is 5.19. The molecule has 2 fully saturated rings. The lowest BCUT2D eigenvalue weighted by molar-refractivity contribution is -0.181. The minimum absolute atomic E-state index is 0.0278. The first-order valence-electron chi connectivity index (χ1n) is 9.46. The van der Waals surface area contributed by atoms with Gasteiger partial charge in [-0.05, 0) is 43.3 Å². The van der Waals surface area contributed by atoms with Crippen molar-refractivity contribution in [2.45, 2.75) is 25.6 Å². The monoisotopic (exact) mass is 381 g/mol. The van der Waals surface area contributed by atoms with Crippen molar-refractivity contribution in [3.8, 4) is 0 Å². The number of aromatic nitrogens is 1. The van der Waals surface area contributed by atoms with Gasteiger partial charge in [-0.15, -0.1) is 0 Å². The summed E-state index contributed by atoms with van der Waals surface area (Å²) in [5.41, 5.74) is 2.67. The lowest BCUT2D eigenvalue weighted by Gasteiger charge is -2.37. The van der Waals surface area contributed by atoms with Crippen LogP contribution in [0.2, 0.25) is 0 Å². The summed E-state index contributed by atoms with van der Waals surface area (Å²) < 4.78 is 11.4. The van der Waals surface area contributed by atoms with Crippen LogP contribution in [0.5, 0.6) is 0 Å². The van der Waals surface area contributed by atoms with Crippen LogP contribution < -0.4 is 5.32 Å². The highest BCUT2D eigenvalue weighted by atomic mass is 16.7. The second-order valence-electron chi connectivity index (χ2n) is 7.09. The number of nitrogens with one attached hydrogen (secondary N) is 1. The average Bonchev–Trinajstić information content (AvgIpc) is 3.16. The Morgan fingerprint density at radius 1 is 1.04 bits per heavy atom. The number of benzene rings is 1. The predicted octanol–water partition coefficient (Wildman–Crippen LogP) is 3.01. The van der Waals surface area contributed by atoms with E-state index in [0.717, 1.165) is 11.4 Å². The first-order valence-corrected chi connectivity index (χ1v) is 9.46. The lowest BCUT2D eigenvalue weighted by Crippen LogP contribution is -2.47. The molecule has 2 aliphatic rings. The molecule has 0 bridgehead atoms. The molecule has 1 amide bonds. The molecule has 1 N–H and O–H groups in total. The van der Waals surface area contributed by atoms with E-state index < -0.39 is 5.79 Å². The van der Waals surface area contributed by atoms with E-state index >= 15 is 0 Å². The number of rotatable bonds is 4. The average molecular weight is 381 g/mol. The molecular formula is C21H23N3O4. The lowest BCUT2D eigenvalue weighted by atomic mass is 10.0. The van der Waals surface area contributed by atoms with Crippen LogP contribution in [0, 0.1) is 0 Å². The van der Waals surface area contributed by atoms with Crippen molar-refractivity contribution < 1.29 is 19.1 Å². The number of anilines is 2. The third kappa shape index (κ3) is 3.90. The Labute approximate surface area is 163 Å². The van der Waals surface area contributed by atoms with Crippen molar-refractivity contribution in [1.82, 2.24) is 9.88 Å². The van der Waals surface area contributed by atoms with Crippen LogP contribution in [0.4, 0.5) is 11.4 Å². The summed E-state index contributed by atoms with van der Waals surface area (Å²) in [5.74, 6) is -0.567. The van der Waals surface area contributed by atoms with Gasteiger partial charge < -0.3 is 19.7 Å². The van der Waals surface area contributed by atoms with Crippen LogP contribution in [0.15, 0.2) is 42.6 Å². The molecule has 7 heteroatoms. The van der Waals surface area contributed by atoms with Crippen LogP contribution in [0.1, 0.15) is 40.6 Å². The van der Waals surface area contributed by atoms with Gasteiger partial charge in [0.25, 0.3) is 5.91 Å². The summed E-state index contributed by atoms with van der Waals surface area (Å²) in [4.78, 5) is 30.3. The molecule has 28 heavy (non-hydrogen) atoms. The number of likely N-dealkylation sites (tertiary alicyclic amines) is 1. The SMILES string of the molecule is CC(=O)c1ccc(Nc2ccnc(C(=O)N3CCC4(CC3)OCCO4)c2)cc1. The van der Waals surface area contributed by atoms with Crippen LogP contribution in [0.25, 0.3) is 0 Å². The number of piperidine rings is 1. The summed E-state index contributed by atoms with van der Waals surface area (Å²) in [7, 11) is 0. The van der Waals surface area contributed by atoms with Crippen LogP contribution in [0.3, 0.4) is 0 Å². The number of amides is 1. The first kappa shape index (κ1) is 18.6. The molecular weight excluding hydrogens is 358 g/mol. The van der Waals surface area contributed by atoms with E-state index in [-0.39, 0.29) is 11.7 Å². The quantitative estimate of drug-likeness (QED) is 0.820. The summed E-state index contributed by atoms with van der Waals surface area (Å²) >= 11 is 0. The van der Waals surface area contributed by atoms with Crippen molar-refractivity contribution in [1.29, 1.82) is 0 Å². The maximum atomic E-state index is 12.8. The largest absolute Gasteiger partial charge is 0.355 e. The number of Topliss-reactive ketones (excluding diaryl/α,β-unsaturated/α-hetero) is 1. The minimum Gasteiger partial charge on any atom is -0.355 e. The molecule has 0 radical (unpaired) electrons. The molecule has 0 aliphatic carbocycles. The Morgan fingerprint density at radius 3 is 2.36 bits per heavy atom. The van der Waals surface area contributed by atoms with Crippen molar-refractivity contribution in [2.75, 3.05) is 31.6 Å². The Balaban J connectivity index is 1.41. The summed E-state index contributed by atoms with van der Waals surface area (Å²) in [5, 5.41) is 3.25. The number of ketones is 1. The topological polar surface area (TPSA) is 80.8 Å². The molecule has 3 heterocycles. The fourth-order valence-electron chi connectivity index (χ4n) is 3.58. The number of hydrogen-bond acceptors (Lipinski definition) is 6. The van der Waals surface area contributed by atoms with E-state index in [4.69, 9.17) is 9.47 Å². The highest BCUT2D eigenvalue weighted by Gasteiger charge is 2.41. The van der Waals surface area contributed by atoms with E-state index in [9.17, 15) is 9.59 Å². The molecule has 1 aromatic carbocycles. The van der Waals surface area contributed by atoms with Gasteiger partial charge in [0, 0.05) is 49.1 Å². The van der Waals surface area contributed by atoms with Crippen LogP contribution in [-0.2, 0) is 9.47 Å². The Morgan fingerprint density at radius 2 is 1.71 bits per heavy atom. The van der Waals surface area contributed by atoms with E-state index in [2.05, 4.69) is 10.3 Å². The molecule has 4 rings (SSSR count). The highest BCUT2D eigenvalue weighted by Crippen LogP contribution is 2.31. The fraction of sp³-hybridized carbons (Fsp3) is 0.381. The van der Waals surface area contributed by atoms with E-state index in [1.54, 1.807) is 35.4 Å². The second-order valence-corrected chi connectivity index (χ2v) is 7.09. The zero-order chi connectivity index (χ0) is 19.6. The number of ether oxygens (including phenoxy) is 2. The summed E-state index contributed by atoms with van der Waals surface area (Å²) in [6.07, 6.45) is 2.98. The first-order chi connectivity index (χ1) is 13.5. The predicted molar refractivity (Wildman–Crippen MR) is 104 cm³/mol. The van der Waals surface area contributed by atoms with E-state index in [1.807, 2.05) is 12.1 Å². The van der Waals surface area contributed by atoms with Gasteiger partial charge in [0.05, 0.1) is 13.2 Å².